The van der Waals surface area contributed by atoms with E-state index >= 15 is 0 Å². The summed E-state index contributed by atoms with van der Waals surface area (Å²) in [5, 5.41) is 4.39. The summed E-state index contributed by atoms with van der Waals surface area (Å²) in [5.41, 5.74) is 3.01. The molecule has 21 heavy (non-hydrogen) atoms. The first-order valence-corrected chi connectivity index (χ1v) is 8.07. The van der Waals surface area contributed by atoms with Crippen molar-refractivity contribution >= 4 is 22.8 Å². The lowest BCUT2D eigenvalue weighted by Gasteiger charge is -2.30. The van der Waals surface area contributed by atoms with Gasteiger partial charge in [0.05, 0.1) is 11.1 Å². The highest BCUT2D eigenvalue weighted by Gasteiger charge is 2.28. The van der Waals surface area contributed by atoms with Crippen molar-refractivity contribution in [2.75, 3.05) is 13.2 Å². The summed E-state index contributed by atoms with van der Waals surface area (Å²) < 4.78 is 9.71. The third-order valence-electron chi connectivity index (χ3n) is 4.57. The largest absolute Gasteiger partial charge is 0.381 e. The number of hydrogen-bond acceptors (Lipinski definition) is 3. The summed E-state index contributed by atoms with van der Waals surface area (Å²) in [5.74, 6) is 1.54. The molecule has 0 aromatic carbocycles. The fourth-order valence-electron chi connectivity index (χ4n) is 3.40. The topological polar surface area (TPSA) is 44.9 Å². The Morgan fingerprint density at radius 2 is 1.95 bits per heavy atom. The van der Waals surface area contributed by atoms with Crippen LogP contribution in [0.15, 0.2) is 0 Å². The van der Waals surface area contributed by atoms with Gasteiger partial charge in [-0.3, -0.25) is 4.68 Å². The van der Waals surface area contributed by atoms with Gasteiger partial charge in [-0.1, -0.05) is 0 Å². The molecule has 1 fully saturated rings. The molecule has 0 spiro atoms. The average Bonchev–Trinajstić information content (AvgIpc) is 2.99. The Labute approximate surface area is 130 Å². The minimum atomic E-state index is -0.112. The highest BCUT2D eigenvalue weighted by molar-refractivity contribution is 6.20. The monoisotopic (exact) mass is 310 g/mol. The van der Waals surface area contributed by atoms with Crippen LogP contribution in [0.1, 0.15) is 49.6 Å². The van der Waals surface area contributed by atoms with Gasteiger partial charge in [0.15, 0.2) is 5.65 Å². The van der Waals surface area contributed by atoms with Crippen LogP contribution in [0, 0.1) is 12.8 Å². The van der Waals surface area contributed by atoms with Crippen molar-refractivity contribution in [1.29, 1.82) is 0 Å². The Morgan fingerprint density at radius 1 is 1.29 bits per heavy atom. The van der Waals surface area contributed by atoms with E-state index in [4.69, 9.17) is 21.3 Å². The van der Waals surface area contributed by atoms with Crippen LogP contribution in [-0.2, 0) is 11.8 Å². The summed E-state index contributed by atoms with van der Waals surface area (Å²) in [6.45, 7) is 7.95. The molecule has 1 aliphatic heterocycles. The molecule has 1 aliphatic rings. The highest BCUT2D eigenvalue weighted by Crippen LogP contribution is 2.35. The summed E-state index contributed by atoms with van der Waals surface area (Å²) in [4.78, 5) is 4.76. The number of imidazole rings is 1. The third-order valence-corrected chi connectivity index (χ3v) is 4.77. The molecule has 0 bridgehead atoms. The van der Waals surface area contributed by atoms with Crippen molar-refractivity contribution < 1.29 is 4.74 Å². The molecule has 0 radical (unpaired) electrons. The van der Waals surface area contributed by atoms with E-state index in [0.717, 1.165) is 48.7 Å². The lowest BCUT2D eigenvalue weighted by atomic mass is 9.92. The number of hydrogen-bond donors (Lipinski definition) is 0. The van der Waals surface area contributed by atoms with E-state index in [9.17, 15) is 0 Å². The third kappa shape index (κ3) is 2.46. The number of nitrogens with zero attached hydrogens (tertiary/aromatic N) is 4. The maximum atomic E-state index is 6.39. The van der Waals surface area contributed by atoms with Gasteiger partial charge in [0, 0.05) is 26.3 Å². The van der Waals surface area contributed by atoms with Crippen LogP contribution in [0.4, 0.5) is 0 Å². The molecular formula is C15H23ClN4O. The fraction of sp³-hybridized carbons (Fsp3) is 0.733. The molecule has 2 aromatic heterocycles. The van der Waals surface area contributed by atoms with Gasteiger partial charge < -0.3 is 9.30 Å². The number of ether oxygens (including phenoxy) is 1. The lowest BCUT2D eigenvalue weighted by Crippen LogP contribution is -2.26. The molecule has 6 heteroatoms. The smallest absolute Gasteiger partial charge is 0.158 e. The quantitative estimate of drug-likeness (QED) is 0.817. The van der Waals surface area contributed by atoms with E-state index in [1.807, 2.05) is 25.6 Å². The van der Waals surface area contributed by atoms with E-state index in [-0.39, 0.29) is 5.38 Å². The van der Waals surface area contributed by atoms with Gasteiger partial charge in [-0.2, -0.15) is 5.10 Å². The fourth-order valence-corrected chi connectivity index (χ4v) is 3.56. The molecule has 0 aliphatic carbocycles. The molecule has 0 N–H and O–H groups in total. The van der Waals surface area contributed by atoms with Crippen LogP contribution in [0.2, 0.25) is 0 Å². The zero-order valence-electron chi connectivity index (χ0n) is 13.1. The number of rotatable bonds is 3. The number of alkyl halides is 1. The molecule has 5 nitrogen and oxygen atoms in total. The second-order valence-corrected chi connectivity index (χ2v) is 6.68. The maximum Gasteiger partial charge on any atom is 0.158 e. The number of halogens is 1. The zero-order valence-corrected chi connectivity index (χ0v) is 13.9. The Morgan fingerprint density at radius 3 is 2.57 bits per heavy atom. The normalized spacial score (nSPS) is 20.0. The lowest BCUT2D eigenvalue weighted by molar-refractivity contribution is 0.0513. The first kappa shape index (κ1) is 14.9. The van der Waals surface area contributed by atoms with Crippen LogP contribution in [0.25, 0.3) is 11.2 Å². The molecule has 2 aromatic rings. The molecule has 0 amide bonds. The van der Waals surface area contributed by atoms with Crippen molar-refractivity contribution in [2.24, 2.45) is 13.0 Å². The Balaban J connectivity index is 2.11. The predicted octanol–water partition coefficient (Wildman–Crippen LogP) is 3.37. The maximum absolute atomic E-state index is 6.39. The van der Waals surface area contributed by atoms with E-state index in [1.54, 1.807) is 0 Å². The van der Waals surface area contributed by atoms with E-state index in [1.165, 1.54) is 0 Å². The van der Waals surface area contributed by atoms with Crippen LogP contribution in [-0.4, -0.2) is 32.5 Å². The second kappa shape index (κ2) is 5.61. The minimum absolute atomic E-state index is 0.112. The Hall–Kier alpha value is -1.07. The van der Waals surface area contributed by atoms with Crippen LogP contribution >= 0.6 is 11.6 Å². The molecular weight excluding hydrogens is 288 g/mol. The van der Waals surface area contributed by atoms with Crippen LogP contribution in [0.5, 0.6) is 0 Å². The summed E-state index contributed by atoms with van der Waals surface area (Å²) in [6, 6.07) is 0.352. The van der Waals surface area contributed by atoms with Crippen LogP contribution in [0.3, 0.4) is 0 Å². The standard InChI is InChI=1S/C15H23ClN4O/c1-9(16)14-17-13-10(2)18-19(4)15(13)20(14)11(3)12-5-7-21-8-6-12/h9,11-12H,5-8H2,1-4H3. The molecule has 2 unspecified atom stereocenters. The Bertz CT molecular complexity index is 640. The van der Waals surface area contributed by atoms with Crippen molar-refractivity contribution in [1.82, 2.24) is 19.3 Å². The van der Waals surface area contributed by atoms with Gasteiger partial charge in [0.2, 0.25) is 0 Å². The van der Waals surface area contributed by atoms with E-state index < -0.39 is 0 Å². The van der Waals surface area contributed by atoms with Gasteiger partial charge in [0.25, 0.3) is 0 Å². The van der Waals surface area contributed by atoms with Gasteiger partial charge in [0.1, 0.15) is 11.3 Å². The average molecular weight is 311 g/mol. The first-order valence-electron chi connectivity index (χ1n) is 7.64. The molecule has 2 atom stereocenters. The highest BCUT2D eigenvalue weighted by atomic mass is 35.5. The van der Waals surface area contributed by atoms with Gasteiger partial charge in [-0.25, -0.2) is 4.98 Å². The molecule has 0 saturated carbocycles. The predicted molar refractivity (Wildman–Crippen MR) is 83.8 cm³/mol. The zero-order chi connectivity index (χ0) is 15.1. The van der Waals surface area contributed by atoms with E-state index in [2.05, 4.69) is 16.6 Å². The SMILES string of the molecule is Cc1nn(C)c2c1nc(C(C)Cl)n2C(C)C1CCOCC1. The minimum Gasteiger partial charge on any atom is -0.381 e. The second-order valence-electron chi connectivity index (χ2n) is 6.03. The number of aromatic nitrogens is 4. The summed E-state index contributed by atoms with van der Waals surface area (Å²) in [6.07, 6.45) is 2.18. The van der Waals surface area contributed by atoms with Crippen molar-refractivity contribution in [3.8, 4) is 0 Å². The molecule has 3 heterocycles. The van der Waals surface area contributed by atoms with Gasteiger partial charge in [-0.15, -0.1) is 11.6 Å². The summed E-state index contributed by atoms with van der Waals surface area (Å²) >= 11 is 6.39. The van der Waals surface area contributed by atoms with Gasteiger partial charge >= 0.3 is 0 Å². The molecule has 116 valence electrons. The molecule has 3 rings (SSSR count). The van der Waals surface area contributed by atoms with Crippen molar-refractivity contribution in [2.45, 2.75) is 45.0 Å². The van der Waals surface area contributed by atoms with Crippen molar-refractivity contribution in [3.05, 3.63) is 11.5 Å². The van der Waals surface area contributed by atoms with E-state index in [0.29, 0.717) is 12.0 Å². The summed E-state index contributed by atoms with van der Waals surface area (Å²) in [7, 11) is 1.98. The number of aryl methyl sites for hydroxylation is 2. The number of fused-ring (bicyclic) bond motifs is 1. The van der Waals surface area contributed by atoms with Crippen molar-refractivity contribution in [3.63, 3.8) is 0 Å². The molecule has 1 saturated heterocycles. The Kier molecular flexibility index (Phi) is 3.97. The first-order chi connectivity index (χ1) is 10.0. The van der Waals surface area contributed by atoms with Crippen LogP contribution < -0.4 is 0 Å². The van der Waals surface area contributed by atoms with Gasteiger partial charge in [-0.05, 0) is 39.5 Å².